The van der Waals surface area contributed by atoms with Gasteiger partial charge in [-0.25, -0.2) is 9.78 Å². The summed E-state index contributed by atoms with van der Waals surface area (Å²) in [6, 6.07) is 10.2. The van der Waals surface area contributed by atoms with Crippen molar-refractivity contribution in [3.05, 3.63) is 48.2 Å². The highest BCUT2D eigenvalue weighted by Gasteiger charge is 2.22. The molecule has 0 aliphatic rings. The first-order valence-electron chi connectivity index (χ1n) is 8.81. The number of esters is 1. The number of pyridine rings is 1. The average Bonchev–Trinajstić information content (AvgIpc) is 3.13. The van der Waals surface area contributed by atoms with Crippen LogP contribution in [0.15, 0.2) is 42.6 Å². The smallest absolute Gasteiger partial charge is 0.345 e. The lowest BCUT2D eigenvalue weighted by Gasteiger charge is -2.11. The molecule has 1 aromatic carbocycles. The zero-order valence-corrected chi connectivity index (χ0v) is 15.9. The van der Waals surface area contributed by atoms with Gasteiger partial charge in [0.05, 0.1) is 32.2 Å². The number of aromatic hydroxyl groups is 1. The molecule has 0 atom stereocenters. The quantitative estimate of drug-likeness (QED) is 0.626. The van der Waals surface area contributed by atoms with Gasteiger partial charge in [-0.3, -0.25) is 0 Å². The fraction of sp³-hybridized carbons (Fsp3) is 0.250. The molecule has 0 saturated carbocycles. The predicted molar refractivity (Wildman–Crippen MR) is 102 cm³/mol. The van der Waals surface area contributed by atoms with E-state index >= 15 is 0 Å². The fourth-order valence-corrected chi connectivity index (χ4v) is 2.66. The lowest BCUT2D eigenvalue weighted by Crippen LogP contribution is -2.09. The first kappa shape index (κ1) is 19.2. The van der Waals surface area contributed by atoms with E-state index in [0.717, 1.165) is 0 Å². The number of nitrogens with zero attached hydrogens (tertiary/aromatic N) is 3. The molecule has 0 amide bonds. The molecule has 0 fully saturated rings. The SMILES string of the molecule is CCOC(=O)c1cnn(-c2cccc(-c3cc(OC)ccc3O)n2)c1OCC. The number of hydrogen-bond acceptors (Lipinski definition) is 7. The number of aromatic nitrogens is 3. The molecule has 0 unspecified atom stereocenters. The Morgan fingerprint density at radius 1 is 1.18 bits per heavy atom. The summed E-state index contributed by atoms with van der Waals surface area (Å²) in [6.07, 6.45) is 1.39. The highest BCUT2D eigenvalue weighted by molar-refractivity contribution is 5.91. The molecule has 0 aliphatic carbocycles. The molecule has 146 valence electrons. The van der Waals surface area contributed by atoms with Crippen LogP contribution in [0.25, 0.3) is 17.1 Å². The third-order valence-corrected chi connectivity index (χ3v) is 3.93. The molecular weight excluding hydrogens is 362 g/mol. The Hall–Kier alpha value is -3.55. The van der Waals surface area contributed by atoms with Crippen LogP contribution in [0.1, 0.15) is 24.2 Å². The molecule has 1 N–H and O–H groups in total. The highest BCUT2D eigenvalue weighted by atomic mass is 16.5. The van der Waals surface area contributed by atoms with Crippen LogP contribution in [0, 0.1) is 0 Å². The average molecular weight is 383 g/mol. The van der Waals surface area contributed by atoms with Crippen molar-refractivity contribution in [2.24, 2.45) is 0 Å². The van der Waals surface area contributed by atoms with Gasteiger partial charge in [-0.15, -0.1) is 0 Å². The van der Waals surface area contributed by atoms with Gasteiger partial charge in [0.1, 0.15) is 17.1 Å². The van der Waals surface area contributed by atoms with E-state index in [1.165, 1.54) is 10.9 Å². The van der Waals surface area contributed by atoms with Gasteiger partial charge in [-0.2, -0.15) is 9.78 Å². The Morgan fingerprint density at radius 2 is 2.00 bits per heavy atom. The van der Waals surface area contributed by atoms with Crippen LogP contribution >= 0.6 is 0 Å². The topological polar surface area (TPSA) is 95.7 Å². The molecular formula is C20H21N3O5. The van der Waals surface area contributed by atoms with E-state index in [4.69, 9.17) is 14.2 Å². The molecule has 2 heterocycles. The number of methoxy groups -OCH3 is 1. The van der Waals surface area contributed by atoms with Gasteiger partial charge in [0.25, 0.3) is 0 Å². The van der Waals surface area contributed by atoms with Gasteiger partial charge >= 0.3 is 5.97 Å². The van der Waals surface area contributed by atoms with Crippen LogP contribution in [0.2, 0.25) is 0 Å². The molecule has 28 heavy (non-hydrogen) atoms. The van der Waals surface area contributed by atoms with Crippen molar-refractivity contribution >= 4 is 5.97 Å². The van der Waals surface area contributed by atoms with Crippen LogP contribution in [0.5, 0.6) is 17.4 Å². The second-order valence-corrected chi connectivity index (χ2v) is 5.69. The van der Waals surface area contributed by atoms with Crippen molar-refractivity contribution < 1.29 is 24.1 Å². The Morgan fingerprint density at radius 3 is 2.71 bits per heavy atom. The molecule has 3 rings (SSSR count). The number of carbonyl (C=O) groups excluding carboxylic acids is 1. The number of hydrogen-bond donors (Lipinski definition) is 1. The highest BCUT2D eigenvalue weighted by Crippen LogP contribution is 2.32. The van der Waals surface area contributed by atoms with E-state index in [1.807, 2.05) is 6.92 Å². The van der Waals surface area contributed by atoms with Crippen molar-refractivity contribution in [3.63, 3.8) is 0 Å². The van der Waals surface area contributed by atoms with Gasteiger partial charge in [0.2, 0.25) is 5.88 Å². The largest absolute Gasteiger partial charge is 0.507 e. The van der Waals surface area contributed by atoms with E-state index < -0.39 is 5.97 Å². The van der Waals surface area contributed by atoms with E-state index in [2.05, 4.69) is 10.1 Å². The van der Waals surface area contributed by atoms with Crippen molar-refractivity contribution in [2.75, 3.05) is 20.3 Å². The lowest BCUT2D eigenvalue weighted by molar-refractivity contribution is 0.0521. The summed E-state index contributed by atoms with van der Waals surface area (Å²) in [6.45, 7) is 4.13. The summed E-state index contributed by atoms with van der Waals surface area (Å²) in [5.41, 5.74) is 1.25. The van der Waals surface area contributed by atoms with Crippen LogP contribution in [0.3, 0.4) is 0 Å². The Balaban J connectivity index is 2.07. The Bertz CT molecular complexity index is 984. The van der Waals surface area contributed by atoms with Crippen LogP contribution in [0.4, 0.5) is 0 Å². The summed E-state index contributed by atoms with van der Waals surface area (Å²) in [4.78, 5) is 16.7. The maximum absolute atomic E-state index is 12.2. The fourth-order valence-electron chi connectivity index (χ4n) is 2.66. The van der Waals surface area contributed by atoms with Gasteiger partial charge in [-0.1, -0.05) is 6.07 Å². The second kappa shape index (κ2) is 8.43. The number of carbonyl (C=O) groups is 1. The molecule has 8 heteroatoms. The molecule has 0 bridgehead atoms. The normalized spacial score (nSPS) is 10.5. The number of rotatable bonds is 7. The maximum atomic E-state index is 12.2. The van der Waals surface area contributed by atoms with Crippen molar-refractivity contribution in [2.45, 2.75) is 13.8 Å². The van der Waals surface area contributed by atoms with Crippen molar-refractivity contribution in [3.8, 4) is 34.5 Å². The summed E-state index contributed by atoms with van der Waals surface area (Å²) >= 11 is 0. The summed E-state index contributed by atoms with van der Waals surface area (Å²) in [5.74, 6) is 0.833. The number of ether oxygens (including phenoxy) is 3. The minimum Gasteiger partial charge on any atom is -0.507 e. The number of phenols is 1. The number of phenolic OH excluding ortho intramolecular Hbond substituents is 1. The lowest BCUT2D eigenvalue weighted by atomic mass is 10.1. The first-order valence-corrected chi connectivity index (χ1v) is 8.81. The minimum absolute atomic E-state index is 0.0724. The molecule has 0 saturated heterocycles. The minimum atomic E-state index is -0.515. The second-order valence-electron chi connectivity index (χ2n) is 5.69. The standard InChI is InChI=1S/C20H21N3O5/c1-4-27-19-15(20(25)28-5-2)12-21-23(19)18-8-6-7-16(22-18)14-11-13(26-3)9-10-17(14)24/h6-12,24H,4-5H2,1-3H3. The van der Waals surface area contributed by atoms with Crippen molar-refractivity contribution in [1.82, 2.24) is 14.8 Å². The van der Waals surface area contributed by atoms with E-state index in [0.29, 0.717) is 29.4 Å². The molecule has 2 aromatic heterocycles. The molecule has 8 nitrogen and oxygen atoms in total. The van der Waals surface area contributed by atoms with Crippen LogP contribution in [-0.4, -0.2) is 46.2 Å². The Kier molecular flexibility index (Phi) is 5.78. The molecule has 0 radical (unpaired) electrons. The number of benzene rings is 1. The molecule has 0 spiro atoms. The van der Waals surface area contributed by atoms with Crippen molar-refractivity contribution in [1.29, 1.82) is 0 Å². The zero-order valence-electron chi connectivity index (χ0n) is 15.9. The molecule has 3 aromatic rings. The zero-order chi connectivity index (χ0) is 20.1. The Labute approximate surface area is 162 Å². The third kappa shape index (κ3) is 3.75. The predicted octanol–water partition coefficient (Wildman–Crippen LogP) is 3.22. The van der Waals surface area contributed by atoms with Gasteiger partial charge in [-0.05, 0) is 44.2 Å². The van der Waals surface area contributed by atoms with Gasteiger partial charge in [0.15, 0.2) is 5.82 Å². The monoisotopic (exact) mass is 383 g/mol. The summed E-state index contributed by atoms with van der Waals surface area (Å²) in [7, 11) is 1.55. The maximum Gasteiger partial charge on any atom is 0.345 e. The van der Waals surface area contributed by atoms with Crippen LogP contribution < -0.4 is 9.47 Å². The van der Waals surface area contributed by atoms with E-state index in [1.54, 1.807) is 50.4 Å². The van der Waals surface area contributed by atoms with Crippen LogP contribution in [-0.2, 0) is 4.74 Å². The van der Waals surface area contributed by atoms with Gasteiger partial charge in [0, 0.05) is 5.56 Å². The van der Waals surface area contributed by atoms with Gasteiger partial charge < -0.3 is 19.3 Å². The summed E-state index contributed by atoms with van der Waals surface area (Å²) in [5, 5.41) is 14.5. The molecule has 0 aliphatic heterocycles. The summed E-state index contributed by atoms with van der Waals surface area (Å²) < 4.78 is 17.3. The first-order chi connectivity index (χ1) is 13.6. The van der Waals surface area contributed by atoms with E-state index in [9.17, 15) is 9.90 Å². The third-order valence-electron chi connectivity index (χ3n) is 3.93. The van der Waals surface area contributed by atoms with E-state index in [-0.39, 0.29) is 23.8 Å².